The summed E-state index contributed by atoms with van der Waals surface area (Å²) in [6.07, 6.45) is 2.29. The van der Waals surface area contributed by atoms with E-state index in [0.717, 1.165) is 13.1 Å². The van der Waals surface area contributed by atoms with E-state index >= 15 is 0 Å². The lowest BCUT2D eigenvalue weighted by atomic mass is 10.2. The van der Waals surface area contributed by atoms with Gasteiger partial charge < -0.3 is 9.88 Å². The minimum atomic E-state index is 0.509. The van der Waals surface area contributed by atoms with Crippen molar-refractivity contribution < 1.29 is 0 Å². The molecule has 20 heavy (non-hydrogen) atoms. The van der Waals surface area contributed by atoms with E-state index in [0.29, 0.717) is 6.04 Å². The third kappa shape index (κ3) is 2.79. The SMILES string of the molecule is CC(C)NCc1cn(Cc2cccs2)c2ccccc12. The first-order chi connectivity index (χ1) is 9.74. The summed E-state index contributed by atoms with van der Waals surface area (Å²) < 4.78 is 2.36. The van der Waals surface area contributed by atoms with Crippen LogP contribution in [0.4, 0.5) is 0 Å². The smallest absolute Gasteiger partial charge is 0.0569 e. The molecule has 0 saturated heterocycles. The molecule has 3 rings (SSSR count). The summed E-state index contributed by atoms with van der Waals surface area (Å²) in [6, 6.07) is 13.5. The molecule has 0 amide bonds. The van der Waals surface area contributed by atoms with Crippen LogP contribution in [0.3, 0.4) is 0 Å². The van der Waals surface area contributed by atoms with Gasteiger partial charge in [0.1, 0.15) is 0 Å². The molecular weight excluding hydrogens is 264 g/mol. The Labute approximate surface area is 124 Å². The molecule has 2 nitrogen and oxygen atoms in total. The number of rotatable bonds is 5. The highest BCUT2D eigenvalue weighted by Crippen LogP contribution is 2.23. The van der Waals surface area contributed by atoms with Gasteiger partial charge in [-0.05, 0) is 23.1 Å². The summed E-state index contributed by atoms with van der Waals surface area (Å²) in [4.78, 5) is 1.40. The molecule has 104 valence electrons. The van der Waals surface area contributed by atoms with E-state index in [1.165, 1.54) is 21.3 Å². The second-order valence-corrected chi connectivity index (χ2v) is 6.45. The Morgan fingerprint density at radius 3 is 2.75 bits per heavy atom. The quantitative estimate of drug-likeness (QED) is 0.741. The van der Waals surface area contributed by atoms with E-state index < -0.39 is 0 Å². The van der Waals surface area contributed by atoms with Gasteiger partial charge in [0.15, 0.2) is 0 Å². The van der Waals surface area contributed by atoms with Crippen LogP contribution in [0.25, 0.3) is 10.9 Å². The van der Waals surface area contributed by atoms with Crippen LogP contribution in [0, 0.1) is 0 Å². The van der Waals surface area contributed by atoms with Gasteiger partial charge in [-0.25, -0.2) is 0 Å². The second kappa shape index (κ2) is 5.81. The molecule has 2 aromatic heterocycles. The van der Waals surface area contributed by atoms with Crippen molar-refractivity contribution >= 4 is 22.2 Å². The molecule has 3 aromatic rings. The highest BCUT2D eigenvalue weighted by molar-refractivity contribution is 7.09. The predicted octanol–water partition coefficient (Wildman–Crippen LogP) is 4.25. The Hall–Kier alpha value is -1.58. The number of fused-ring (bicyclic) bond motifs is 1. The van der Waals surface area contributed by atoms with Crippen LogP contribution >= 0.6 is 11.3 Å². The monoisotopic (exact) mass is 284 g/mol. The molecule has 0 aliphatic rings. The molecule has 0 radical (unpaired) electrons. The summed E-state index contributed by atoms with van der Waals surface area (Å²) in [5.41, 5.74) is 2.70. The summed E-state index contributed by atoms with van der Waals surface area (Å²) in [7, 11) is 0. The third-order valence-electron chi connectivity index (χ3n) is 3.48. The number of nitrogens with zero attached hydrogens (tertiary/aromatic N) is 1. The number of para-hydroxylation sites is 1. The second-order valence-electron chi connectivity index (χ2n) is 5.41. The fraction of sp³-hybridized carbons (Fsp3) is 0.294. The fourth-order valence-electron chi connectivity index (χ4n) is 2.48. The maximum Gasteiger partial charge on any atom is 0.0569 e. The highest BCUT2D eigenvalue weighted by atomic mass is 32.1. The van der Waals surface area contributed by atoms with Gasteiger partial charge in [-0.1, -0.05) is 38.1 Å². The third-order valence-corrected chi connectivity index (χ3v) is 4.34. The lowest BCUT2D eigenvalue weighted by molar-refractivity contribution is 0.589. The van der Waals surface area contributed by atoms with Gasteiger partial charge in [-0.3, -0.25) is 0 Å². The average Bonchev–Trinajstić information content (AvgIpc) is 3.06. The first-order valence-corrected chi connectivity index (χ1v) is 7.94. The Morgan fingerprint density at radius 1 is 1.15 bits per heavy atom. The fourth-order valence-corrected chi connectivity index (χ4v) is 3.18. The Morgan fingerprint density at radius 2 is 2.00 bits per heavy atom. The number of benzene rings is 1. The lowest BCUT2D eigenvalue weighted by Crippen LogP contribution is -2.21. The largest absolute Gasteiger partial charge is 0.342 e. The molecule has 0 aliphatic carbocycles. The van der Waals surface area contributed by atoms with Gasteiger partial charge in [-0.15, -0.1) is 11.3 Å². The molecule has 0 unspecified atom stereocenters. The minimum Gasteiger partial charge on any atom is -0.342 e. The van der Waals surface area contributed by atoms with E-state index in [1.807, 2.05) is 11.3 Å². The molecular formula is C17H20N2S. The summed E-state index contributed by atoms with van der Waals surface area (Å²) in [6.45, 7) is 6.26. The summed E-state index contributed by atoms with van der Waals surface area (Å²) >= 11 is 1.82. The molecule has 0 aliphatic heterocycles. The maximum absolute atomic E-state index is 3.52. The first kappa shape index (κ1) is 13.4. The van der Waals surface area contributed by atoms with Crippen LogP contribution in [0.5, 0.6) is 0 Å². The van der Waals surface area contributed by atoms with Crippen molar-refractivity contribution in [2.75, 3.05) is 0 Å². The zero-order chi connectivity index (χ0) is 13.9. The van der Waals surface area contributed by atoms with E-state index in [1.54, 1.807) is 0 Å². The van der Waals surface area contributed by atoms with Gasteiger partial charge in [0.2, 0.25) is 0 Å². The number of nitrogens with one attached hydrogen (secondary N) is 1. The van der Waals surface area contributed by atoms with Crippen LogP contribution in [-0.2, 0) is 13.1 Å². The standard InChI is InChI=1S/C17H20N2S/c1-13(2)18-10-14-11-19(12-15-6-5-9-20-15)17-8-4-3-7-16(14)17/h3-9,11,13,18H,10,12H2,1-2H3. The van der Waals surface area contributed by atoms with Gasteiger partial charge in [0.25, 0.3) is 0 Å². The van der Waals surface area contributed by atoms with Crippen LogP contribution < -0.4 is 5.32 Å². The molecule has 0 atom stereocenters. The van der Waals surface area contributed by atoms with E-state index in [9.17, 15) is 0 Å². The molecule has 0 bridgehead atoms. The van der Waals surface area contributed by atoms with E-state index in [4.69, 9.17) is 0 Å². The van der Waals surface area contributed by atoms with Crippen molar-refractivity contribution in [1.82, 2.24) is 9.88 Å². The van der Waals surface area contributed by atoms with Crippen molar-refractivity contribution in [2.45, 2.75) is 33.0 Å². The number of thiophene rings is 1. The Kier molecular flexibility index (Phi) is 3.90. The van der Waals surface area contributed by atoms with Gasteiger partial charge in [-0.2, -0.15) is 0 Å². The van der Waals surface area contributed by atoms with Crippen molar-refractivity contribution in [2.24, 2.45) is 0 Å². The number of hydrogen-bond acceptors (Lipinski definition) is 2. The number of hydrogen-bond donors (Lipinski definition) is 1. The van der Waals surface area contributed by atoms with E-state index in [-0.39, 0.29) is 0 Å². The van der Waals surface area contributed by atoms with Crippen molar-refractivity contribution in [3.63, 3.8) is 0 Å². The van der Waals surface area contributed by atoms with Gasteiger partial charge >= 0.3 is 0 Å². The van der Waals surface area contributed by atoms with Crippen LogP contribution in [-0.4, -0.2) is 10.6 Å². The lowest BCUT2D eigenvalue weighted by Gasteiger charge is -2.06. The predicted molar refractivity (Wildman–Crippen MR) is 87.3 cm³/mol. The van der Waals surface area contributed by atoms with Crippen molar-refractivity contribution in [3.05, 3.63) is 58.4 Å². The normalized spacial score (nSPS) is 11.6. The van der Waals surface area contributed by atoms with Crippen molar-refractivity contribution in [3.8, 4) is 0 Å². The highest BCUT2D eigenvalue weighted by Gasteiger charge is 2.09. The van der Waals surface area contributed by atoms with Gasteiger partial charge in [0, 0.05) is 34.6 Å². The maximum atomic E-state index is 3.52. The number of aromatic nitrogens is 1. The van der Waals surface area contributed by atoms with Crippen LogP contribution in [0.15, 0.2) is 48.0 Å². The minimum absolute atomic E-state index is 0.509. The molecule has 1 aromatic carbocycles. The molecule has 3 heteroatoms. The average molecular weight is 284 g/mol. The molecule has 0 saturated carbocycles. The molecule has 0 spiro atoms. The zero-order valence-electron chi connectivity index (χ0n) is 12.0. The Balaban J connectivity index is 1.95. The van der Waals surface area contributed by atoms with Crippen molar-refractivity contribution in [1.29, 1.82) is 0 Å². The van der Waals surface area contributed by atoms with Gasteiger partial charge in [0.05, 0.1) is 6.54 Å². The molecule has 1 N–H and O–H groups in total. The molecule has 2 heterocycles. The Bertz CT molecular complexity index is 680. The van der Waals surface area contributed by atoms with Crippen LogP contribution in [0.1, 0.15) is 24.3 Å². The topological polar surface area (TPSA) is 17.0 Å². The van der Waals surface area contributed by atoms with Crippen LogP contribution in [0.2, 0.25) is 0 Å². The molecule has 0 fully saturated rings. The van der Waals surface area contributed by atoms with E-state index in [2.05, 4.69) is 71.7 Å². The zero-order valence-corrected chi connectivity index (χ0v) is 12.8. The first-order valence-electron chi connectivity index (χ1n) is 7.06. The summed E-state index contributed by atoms with van der Waals surface area (Å²) in [5.74, 6) is 0. The summed E-state index contributed by atoms with van der Waals surface area (Å²) in [5, 5.41) is 7.02.